The van der Waals surface area contributed by atoms with E-state index in [2.05, 4.69) is 28.7 Å². The largest absolute Gasteiger partial charge is 0.372 e. The molecule has 0 spiro atoms. The van der Waals surface area contributed by atoms with Crippen LogP contribution in [0.3, 0.4) is 0 Å². The molecule has 5 heteroatoms. The highest BCUT2D eigenvalue weighted by atomic mass is 35.5. The number of hydrogen-bond acceptors (Lipinski definition) is 4. The molecule has 1 saturated heterocycles. The van der Waals surface area contributed by atoms with Crippen LogP contribution in [0.2, 0.25) is 0 Å². The molecule has 0 unspecified atom stereocenters. The van der Waals surface area contributed by atoms with E-state index in [1.807, 2.05) is 0 Å². The monoisotopic (exact) mass is 241 g/mol. The Morgan fingerprint density at radius 2 is 2.00 bits per heavy atom. The van der Waals surface area contributed by atoms with Crippen LogP contribution in [-0.2, 0) is 10.6 Å². The van der Waals surface area contributed by atoms with Gasteiger partial charge in [0, 0.05) is 13.1 Å². The molecule has 4 nitrogen and oxygen atoms in total. The molecule has 0 aliphatic carbocycles. The maximum absolute atomic E-state index is 5.68. The van der Waals surface area contributed by atoms with Gasteiger partial charge >= 0.3 is 0 Å². The minimum Gasteiger partial charge on any atom is -0.372 e. The lowest BCUT2D eigenvalue weighted by Crippen LogP contribution is -2.45. The molecule has 16 heavy (non-hydrogen) atoms. The van der Waals surface area contributed by atoms with Gasteiger partial charge in [-0.1, -0.05) is 0 Å². The molecule has 2 rings (SSSR count). The van der Waals surface area contributed by atoms with E-state index in [1.54, 1.807) is 12.4 Å². The zero-order chi connectivity index (χ0) is 11.5. The van der Waals surface area contributed by atoms with Gasteiger partial charge in [0.1, 0.15) is 5.82 Å². The fourth-order valence-electron chi connectivity index (χ4n) is 1.95. The van der Waals surface area contributed by atoms with Crippen LogP contribution < -0.4 is 4.90 Å². The van der Waals surface area contributed by atoms with E-state index in [0.29, 0.717) is 5.88 Å². The first-order chi connectivity index (χ1) is 7.69. The first kappa shape index (κ1) is 11.6. The molecule has 2 heterocycles. The molecule has 0 N–H and O–H groups in total. The van der Waals surface area contributed by atoms with Gasteiger partial charge in [0.05, 0.1) is 36.2 Å². The summed E-state index contributed by atoms with van der Waals surface area (Å²) >= 11 is 5.68. The normalized spacial score (nSPS) is 25.8. The summed E-state index contributed by atoms with van der Waals surface area (Å²) in [4.78, 5) is 10.8. The number of halogens is 1. The number of ether oxygens (including phenoxy) is 1. The summed E-state index contributed by atoms with van der Waals surface area (Å²) < 4.78 is 5.67. The van der Waals surface area contributed by atoms with Crippen molar-refractivity contribution in [1.82, 2.24) is 9.97 Å². The van der Waals surface area contributed by atoms with Gasteiger partial charge in [-0.15, -0.1) is 11.6 Å². The van der Waals surface area contributed by atoms with Crippen molar-refractivity contribution in [3.63, 3.8) is 0 Å². The number of aromatic nitrogens is 2. The highest BCUT2D eigenvalue weighted by molar-refractivity contribution is 6.16. The van der Waals surface area contributed by atoms with Crippen LogP contribution >= 0.6 is 11.6 Å². The number of rotatable bonds is 2. The summed E-state index contributed by atoms with van der Waals surface area (Å²) in [6.07, 6.45) is 3.98. The topological polar surface area (TPSA) is 38.2 Å². The highest BCUT2D eigenvalue weighted by Gasteiger charge is 2.23. The Kier molecular flexibility index (Phi) is 3.61. The second-order valence-electron chi connectivity index (χ2n) is 4.16. The molecule has 0 aromatic carbocycles. The quantitative estimate of drug-likeness (QED) is 0.741. The first-order valence-corrected chi connectivity index (χ1v) is 5.99. The van der Waals surface area contributed by atoms with E-state index in [0.717, 1.165) is 24.6 Å². The molecule has 0 saturated carbocycles. The Hall–Kier alpha value is -0.870. The van der Waals surface area contributed by atoms with Crippen LogP contribution in [-0.4, -0.2) is 35.3 Å². The number of anilines is 1. The van der Waals surface area contributed by atoms with Gasteiger partial charge in [0.2, 0.25) is 0 Å². The lowest BCUT2D eigenvalue weighted by Gasteiger charge is -2.35. The molecule has 0 bridgehead atoms. The Morgan fingerprint density at radius 3 is 2.50 bits per heavy atom. The Morgan fingerprint density at radius 1 is 1.31 bits per heavy atom. The van der Waals surface area contributed by atoms with Gasteiger partial charge < -0.3 is 9.64 Å². The minimum atomic E-state index is 0.234. The summed E-state index contributed by atoms with van der Waals surface area (Å²) in [5.41, 5.74) is 0.805. The van der Waals surface area contributed by atoms with E-state index < -0.39 is 0 Å². The van der Waals surface area contributed by atoms with Gasteiger partial charge in [-0.2, -0.15) is 0 Å². The van der Waals surface area contributed by atoms with E-state index in [1.165, 1.54) is 0 Å². The van der Waals surface area contributed by atoms with Crippen molar-refractivity contribution in [3.05, 3.63) is 18.1 Å². The minimum absolute atomic E-state index is 0.234. The Balaban J connectivity index is 2.10. The fourth-order valence-corrected chi connectivity index (χ4v) is 2.08. The van der Waals surface area contributed by atoms with Gasteiger partial charge in [0.15, 0.2) is 0 Å². The summed E-state index contributed by atoms with van der Waals surface area (Å²) in [5.74, 6) is 1.30. The van der Waals surface area contributed by atoms with Crippen molar-refractivity contribution in [1.29, 1.82) is 0 Å². The van der Waals surface area contributed by atoms with Gasteiger partial charge in [-0.3, -0.25) is 4.98 Å². The number of morpholine rings is 1. The standard InChI is InChI=1S/C11H16ClN3O/c1-8-6-15(7-9(2)16-8)11-5-13-10(3-12)4-14-11/h4-5,8-9H,3,6-7H2,1-2H3/t8-,9+. The second-order valence-corrected chi connectivity index (χ2v) is 4.43. The summed E-state index contributed by atoms with van der Waals surface area (Å²) in [7, 11) is 0. The summed E-state index contributed by atoms with van der Waals surface area (Å²) in [6, 6.07) is 0. The van der Waals surface area contributed by atoms with Crippen molar-refractivity contribution < 1.29 is 4.74 Å². The molecule has 0 amide bonds. The molecule has 1 aromatic rings. The molecule has 88 valence electrons. The predicted octanol–water partition coefficient (Wildman–Crippen LogP) is 1.83. The van der Waals surface area contributed by atoms with E-state index in [-0.39, 0.29) is 12.2 Å². The van der Waals surface area contributed by atoms with Crippen molar-refractivity contribution in [2.45, 2.75) is 31.9 Å². The maximum Gasteiger partial charge on any atom is 0.147 e. The van der Waals surface area contributed by atoms with E-state index in [9.17, 15) is 0 Å². The third-order valence-electron chi connectivity index (χ3n) is 2.57. The fraction of sp³-hybridized carbons (Fsp3) is 0.636. The lowest BCUT2D eigenvalue weighted by molar-refractivity contribution is -0.00547. The third kappa shape index (κ3) is 2.62. The third-order valence-corrected chi connectivity index (χ3v) is 2.85. The maximum atomic E-state index is 5.68. The van der Waals surface area contributed by atoms with E-state index >= 15 is 0 Å². The van der Waals surface area contributed by atoms with E-state index in [4.69, 9.17) is 16.3 Å². The van der Waals surface area contributed by atoms with Crippen LogP contribution in [0.25, 0.3) is 0 Å². The van der Waals surface area contributed by atoms with Gasteiger partial charge in [0.25, 0.3) is 0 Å². The summed E-state index contributed by atoms with van der Waals surface area (Å²) in [5, 5.41) is 0. The molecular weight excluding hydrogens is 226 g/mol. The molecule has 1 aliphatic rings. The smallest absolute Gasteiger partial charge is 0.147 e. The Labute approximate surface area is 101 Å². The van der Waals surface area contributed by atoms with Gasteiger partial charge in [-0.05, 0) is 13.8 Å². The average molecular weight is 242 g/mol. The van der Waals surface area contributed by atoms with Crippen molar-refractivity contribution in [3.8, 4) is 0 Å². The zero-order valence-corrected chi connectivity index (χ0v) is 10.3. The SMILES string of the molecule is C[C@@H]1CN(c2cnc(CCl)cn2)C[C@H](C)O1. The van der Waals surface area contributed by atoms with Crippen molar-refractivity contribution in [2.75, 3.05) is 18.0 Å². The van der Waals surface area contributed by atoms with Crippen molar-refractivity contribution >= 4 is 17.4 Å². The van der Waals surface area contributed by atoms with Crippen LogP contribution in [0.5, 0.6) is 0 Å². The molecule has 1 fully saturated rings. The first-order valence-electron chi connectivity index (χ1n) is 5.46. The summed E-state index contributed by atoms with van der Waals surface area (Å²) in [6.45, 7) is 5.87. The highest BCUT2D eigenvalue weighted by Crippen LogP contribution is 2.17. The van der Waals surface area contributed by atoms with Crippen LogP contribution in [0, 0.1) is 0 Å². The lowest BCUT2D eigenvalue weighted by atomic mass is 10.2. The van der Waals surface area contributed by atoms with Crippen LogP contribution in [0.15, 0.2) is 12.4 Å². The average Bonchev–Trinajstić information content (AvgIpc) is 2.28. The number of alkyl halides is 1. The van der Waals surface area contributed by atoms with Crippen molar-refractivity contribution in [2.24, 2.45) is 0 Å². The Bertz CT molecular complexity index is 334. The molecule has 1 aliphatic heterocycles. The molecule has 1 aromatic heterocycles. The second kappa shape index (κ2) is 4.97. The zero-order valence-electron chi connectivity index (χ0n) is 9.56. The number of hydrogen-bond donors (Lipinski definition) is 0. The van der Waals surface area contributed by atoms with Gasteiger partial charge in [-0.25, -0.2) is 4.98 Å². The number of nitrogens with zero attached hydrogens (tertiary/aromatic N) is 3. The molecule has 2 atom stereocenters. The van der Waals surface area contributed by atoms with Crippen LogP contribution in [0.1, 0.15) is 19.5 Å². The molecular formula is C11H16ClN3O. The predicted molar refractivity (Wildman–Crippen MR) is 63.8 cm³/mol. The molecule has 0 radical (unpaired) electrons. The van der Waals surface area contributed by atoms with Crippen LogP contribution in [0.4, 0.5) is 5.82 Å².